The van der Waals surface area contributed by atoms with Crippen molar-refractivity contribution in [3.63, 3.8) is 0 Å². The quantitative estimate of drug-likeness (QED) is 0.366. The Morgan fingerprint density at radius 3 is 2.68 bits per heavy atom. The van der Waals surface area contributed by atoms with Crippen molar-refractivity contribution >= 4 is 43.8 Å². The fraction of sp³-hybridized carbons (Fsp3) is 0.478. The second kappa shape index (κ2) is 11.4. The average molecular weight is 547 g/mol. The lowest BCUT2D eigenvalue weighted by molar-refractivity contribution is 0.0923. The van der Waals surface area contributed by atoms with Gasteiger partial charge in [-0.1, -0.05) is 29.6 Å². The maximum atomic E-state index is 13.0. The molecule has 4 rings (SSSR count). The van der Waals surface area contributed by atoms with Crippen LogP contribution in [-0.4, -0.2) is 71.0 Å². The summed E-state index contributed by atoms with van der Waals surface area (Å²) in [4.78, 5) is 32.2. The van der Waals surface area contributed by atoms with Crippen LogP contribution in [0.2, 0.25) is 0 Å². The van der Waals surface area contributed by atoms with E-state index < -0.39 is 15.9 Å². The zero-order valence-corrected chi connectivity index (χ0v) is 22.6. The first kappa shape index (κ1) is 26.8. The second-order valence-corrected chi connectivity index (χ2v) is 12.4. The van der Waals surface area contributed by atoms with Gasteiger partial charge in [0.15, 0.2) is 10.9 Å². The molecule has 198 valence electrons. The number of aromatic nitrogens is 5. The summed E-state index contributed by atoms with van der Waals surface area (Å²) in [5.41, 5.74) is 1.87. The summed E-state index contributed by atoms with van der Waals surface area (Å²) in [6.45, 7) is 2.81. The van der Waals surface area contributed by atoms with Gasteiger partial charge in [0.25, 0.3) is 5.16 Å². The third kappa shape index (κ3) is 6.76. The van der Waals surface area contributed by atoms with Crippen molar-refractivity contribution in [2.45, 2.75) is 50.1 Å². The SMILES string of the molecule is Cc1ccc(NC(=O)Nc2ncc(CS(=O)(=O)c3nnnn3CCN(C)C)s2)c(C(=O)C2CCCC2)c1. The van der Waals surface area contributed by atoms with Crippen LogP contribution in [0.5, 0.6) is 0 Å². The van der Waals surface area contributed by atoms with Crippen LogP contribution >= 0.6 is 11.3 Å². The van der Waals surface area contributed by atoms with E-state index in [4.69, 9.17) is 0 Å². The van der Waals surface area contributed by atoms with Gasteiger partial charge in [-0.25, -0.2) is 22.9 Å². The van der Waals surface area contributed by atoms with Crippen LogP contribution in [0.4, 0.5) is 15.6 Å². The molecule has 2 amide bonds. The minimum atomic E-state index is -3.83. The molecule has 0 saturated heterocycles. The lowest BCUT2D eigenvalue weighted by Gasteiger charge is -2.14. The molecule has 0 bridgehead atoms. The number of tetrazole rings is 1. The van der Waals surface area contributed by atoms with Crippen LogP contribution in [0.1, 0.15) is 46.5 Å². The van der Waals surface area contributed by atoms with Crippen LogP contribution < -0.4 is 10.6 Å². The van der Waals surface area contributed by atoms with Crippen molar-refractivity contribution in [2.24, 2.45) is 5.92 Å². The molecule has 1 fully saturated rings. The largest absolute Gasteiger partial charge is 0.325 e. The van der Waals surface area contributed by atoms with Gasteiger partial charge in [0.1, 0.15) is 0 Å². The van der Waals surface area contributed by atoms with E-state index in [0.29, 0.717) is 29.2 Å². The first-order chi connectivity index (χ1) is 17.6. The molecule has 0 radical (unpaired) electrons. The van der Waals surface area contributed by atoms with Gasteiger partial charge >= 0.3 is 6.03 Å². The number of likely N-dealkylation sites (N-methyl/N-ethyl adjacent to an activating group) is 1. The Balaban J connectivity index is 1.41. The Labute approximate surface area is 219 Å². The zero-order chi connectivity index (χ0) is 26.6. The van der Waals surface area contributed by atoms with Gasteiger partial charge < -0.3 is 10.2 Å². The van der Waals surface area contributed by atoms with Crippen LogP contribution in [0.15, 0.2) is 29.6 Å². The first-order valence-corrected chi connectivity index (χ1v) is 14.4. The highest BCUT2D eigenvalue weighted by Gasteiger charge is 2.27. The lowest BCUT2D eigenvalue weighted by Crippen LogP contribution is -2.22. The van der Waals surface area contributed by atoms with Crippen LogP contribution in [0.3, 0.4) is 0 Å². The Morgan fingerprint density at radius 2 is 1.95 bits per heavy atom. The number of benzene rings is 1. The Morgan fingerprint density at radius 1 is 1.19 bits per heavy atom. The van der Waals surface area contributed by atoms with E-state index in [0.717, 1.165) is 42.6 Å². The normalized spacial score (nSPS) is 14.3. The molecule has 0 aliphatic heterocycles. The van der Waals surface area contributed by atoms with Gasteiger partial charge in [0.05, 0.1) is 18.0 Å². The van der Waals surface area contributed by atoms with Crippen LogP contribution in [0.25, 0.3) is 0 Å². The predicted molar refractivity (Wildman–Crippen MR) is 139 cm³/mol. The molecule has 0 atom stereocenters. The molecule has 1 saturated carbocycles. The molecular weight excluding hydrogens is 516 g/mol. The summed E-state index contributed by atoms with van der Waals surface area (Å²) in [5.74, 6) is -0.321. The molecule has 1 aliphatic carbocycles. The number of nitrogens with zero attached hydrogens (tertiary/aromatic N) is 6. The van der Waals surface area contributed by atoms with Gasteiger partial charge in [0.2, 0.25) is 9.84 Å². The molecule has 2 N–H and O–H groups in total. The van der Waals surface area contributed by atoms with E-state index >= 15 is 0 Å². The molecule has 2 heterocycles. The number of rotatable bonds is 10. The molecule has 0 unspecified atom stereocenters. The summed E-state index contributed by atoms with van der Waals surface area (Å²) >= 11 is 1.04. The number of hydrogen-bond acceptors (Lipinski definition) is 10. The summed E-state index contributed by atoms with van der Waals surface area (Å²) in [6, 6.07) is 4.78. The Hall–Kier alpha value is -3.23. The highest BCUT2D eigenvalue weighted by molar-refractivity contribution is 7.90. The highest BCUT2D eigenvalue weighted by Crippen LogP contribution is 2.31. The molecule has 1 aromatic carbocycles. The number of hydrogen-bond donors (Lipinski definition) is 2. The number of carbonyl (C=O) groups is 2. The van der Waals surface area contributed by atoms with Gasteiger partial charge in [-0.2, -0.15) is 0 Å². The highest BCUT2D eigenvalue weighted by atomic mass is 32.2. The minimum absolute atomic E-state index is 0.0160. The molecule has 0 spiro atoms. The molecule has 12 nitrogen and oxygen atoms in total. The van der Waals surface area contributed by atoms with E-state index in [1.807, 2.05) is 32.0 Å². The number of nitrogens with one attached hydrogen (secondary N) is 2. The lowest BCUT2D eigenvalue weighted by atomic mass is 9.94. The van der Waals surface area contributed by atoms with Gasteiger partial charge in [-0.3, -0.25) is 10.1 Å². The molecule has 14 heteroatoms. The van der Waals surface area contributed by atoms with Crippen molar-refractivity contribution in [3.05, 3.63) is 40.4 Å². The number of aryl methyl sites for hydroxylation is 1. The van der Waals surface area contributed by atoms with E-state index in [1.54, 1.807) is 12.1 Å². The first-order valence-electron chi connectivity index (χ1n) is 11.9. The maximum absolute atomic E-state index is 13.0. The van der Waals surface area contributed by atoms with Gasteiger partial charge in [0, 0.05) is 29.1 Å². The summed E-state index contributed by atoms with van der Waals surface area (Å²) in [5, 5.41) is 16.4. The van der Waals surface area contributed by atoms with Crippen molar-refractivity contribution in [1.29, 1.82) is 0 Å². The molecular formula is C23H30N8O4S2. The third-order valence-electron chi connectivity index (χ3n) is 6.06. The number of anilines is 2. The van der Waals surface area contributed by atoms with Crippen molar-refractivity contribution in [2.75, 3.05) is 31.3 Å². The maximum Gasteiger partial charge on any atom is 0.325 e. The molecule has 1 aliphatic rings. The van der Waals surface area contributed by atoms with Crippen molar-refractivity contribution in [3.8, 4) is 0 Å². The molecule has 2 aromatic heterocycles. The fourth-order valence-electron chi connectivity index (χ4n) is 4.17. The van der Waals surface area contributed by atoms with E-state index in [1.165, 1.54) is 10.9 Å². The molecule has 3 aromatic rings. The number of carbonyl (C=O) groups excluding carboxylic acids is 2. The number of urea groups is 1. The van der Waals surface area contributed by atoms with Gasteiger partial charge in [-0.15, -0.1) is 11.3 Å². The number of thiazole rings is 1. The number of Topliss-reactive ketones (excluding diaryl/α,β-unsaturated/α-hetero) is 1. The topological polar surface area (TPSA) is 152 Å². The number of ketones is 1. The summed E-state index contributed by atoms with van der Waals surface area (Å²) < 4.78 is 27.1. The average Bonchev–Trinajstić information content (AvgIpc) is 3.60. The summed E-state index contributed by atoms with van der Waals surface area (Å²) in [6.07, 6.45) is 5.21. The standard InChI is InChI=1S/C23H30N8O4S2/c1-15-8-9-19(18(12-15)20(32)16-6-4-5-7-16)25-21(33)26-22-24-13-17(36-22)14-37(34,35)23-27-28-29-31(23)11-10-30(2)3/h8-9,12-13,16H,4-7,10-11,14H2,1-3H3,(H2,24,25,26,33). The second-order valence-electron chi connectivity index (χ2n) is 9.35. The summed E-state index contributed by atoms with van der Waals surface area (Å²) in [7, 11) is -0.0893. The van der Waals surface area contributed by atoms with E-state index in [2.05, 4.69) is 31.1 Å². The number of amides is 2. The zero-order valence-electron chi connectivity index (χ0n) is 21.0. The van der Waals surface area contributed by atoms with Gasteiger partial charge in [-0.05, 0) is 56.4 Å². The Bertz CT molecular complexity index is 1380. The van der Waals surface area contributed by atoms with Crippen molar-refractivity contribution in [1.82, 2.24) is 30.1 Å². The van der Waals surface area contributed by atoms with Crippen LogP contribution in [0, 0.1) is 12.8 Å². The number of sulfone groups is 1. The van der Waals surface area contributed by atoms with E-state index in [-0.39, 0.29) is 27.7 Å². The Kier molecular flexibility index (Phi) is 8.29. The minimum Gasteiger partial charge on any atom is -0.308 e. The van der Waals surface area contributed by atoms with Crippen LogP contribution in [-0.2, 0) is 22.1 Å². The van der Waals surface area contributed by atoms with Crippen molar-refractivity contribution < 1.29 is 18.0 Å². The monoisotopic (exact) mass is 546 g/mol. The van der Waals surface area contributed by atoms with E-state index in [9.17, 15) is 18.0 Å². The predicted octanol–water partition coefficient (Wildman–Crippen LogP) is 2.99. The fourth-order valence-corrected chi connectivity index (χ4v) is 6.66. The smallest absolute Gasteiger partial charge is 0.308 e. The third-order valence-corrected chi connectivity index (χ3v) is 8.69. The molecule has 37 heavy (non-hydrogen) atoms.